The minimum atomic E-state index is -0.0320. The lowest BCUT2D eigenvalue weighted by molar-refractivity contribution is -0.122. The van der Waals surface area contributed by atoms with E-state index in [4.69, 9.17) is 0 Å². The van der Waals surface area contributed by atoms with E-state index >= 15 is 0 Å². The number of rotatable bonds is 9. The van der Waals surface area contributed by atoms with Gasteiger partial charge in [0.1, 0.15) is 0 Å². The predicted octanol–water partition coefficient (Wildman–Crippen LogP) is 2.45. The van der Waals surface area contributed by atoms with E-state index in [1.54, 1.807) is 11.3 Å². The van der Waals surface area contributed by atoms with Gasteiger partial charge in [0.05, 0.1) is 28.4 Å². The first-order chi connectivity index (χ1) is 12.7. The van der Waals surface area contributed by atoms with Crippen LogP contribution in [0, 0.1) is 0 Å². The van der Waals surface area contributed by atoms with Crippen LogP contribution in [0.2, 0.25) is 0 Å². The number of carbonyl (C=O) groups is 1. The molecule has 6 heteroatoms. The van der Waals surface area contributed by atoms with E-state index in [0.717, 1.165) is 22.5 Å². The molecule has 26 heavy (non-hydrogen) atoms. The van der Waals surface area contributed by atoms with Crippen molar-refractivity contribution >= 4 is 27.5 Å². The first kappa shape index (κ1) is 18.5. The van der Waals surface area contributed by atoms with Gasteiger partial charge in [0.15, 0.2) is 0 Å². The highest BCUT2D eigenvalue weighted by molar-refractivity contribution is 7.18. The Balaban J connectivity index is 1.47. The van der Waals surface area contributed by atoms with Crippen LogP contribution in [0.25, 0.3) is 10.2 Å². The number of aliphatic hydroxyl groups is 1. The number of fused-ring (bicyclic) bond motifs is 1. The smallest absolute Gasteiger partial charge is 0.234 e. The highest BCUT2D eigenvalue weighted by Crippen LogP contribution is 2.21. The molecular formula is C20H23N3O2S. The maximum atomic E-state index is 12.2. The largest absolute Gasteiger partial charge is 0.395 e. The number of para-hydroxylation sites is 1. The first-order valence-corrected chi connectivity index (χ1v) is 9.54. The second-order valence-electron chi connectivity index (χ2n) is 6.10. The molecule has 0 aliphatic rings. The second kappa shape index (κ2) is 9.43. The van der Waals surface area contributed by atoms with E-state index in [1.165, 1.54) is 4.70 Å². The quantitative estimate of drug-likeness (QED) is 0.608. The van der Waals surface area contributed by atoms with Crippen molar-refractivity contribution in [2.24, 2.45) is 0 Å². The molecule has 1 amide bonds. The minimum absolute atomic E-state index is 0.0320. The zero-order chi connectivity index (χ0) is 18.2. The molecule has 3 rings (SSSR count). The second-order valence-corrected chi connectivity index (χ2v) is 7.21. The summed E-state index contributed by atoms with van der Waals surface area (Å²) in [4.78, 5) is 18.8. The third-order valence-electron chi connectivity index (χ3n) is 4.03. The van der Waals surface area contributed by atoms with E-state index in [0.29, 0.717) is 19.6 Å². The SMILES string of the molecule is O=C(CN(CCO)Cc1ccccc1)NCCc1nc2ccccc2s1. The summed E-state index contributed by atoms with van der Waals surface area (Å²) >= 11 is 1.67. The fourth-order valence-electron chi connectivity index (χ4n) is 2.79. The Morgan fingerprint density at radius 3 is 2.65 bits per heavy atom. The fourth-order valence-corrected chi connectivity index (χ4v) is 3.76. The minimum Gasteiger partial charge on any atom is -0.395 e. The molecule has 0 saturated carbocycles. The summed E-state index contributed by atoms with van der Waals surface area (Å²) in [5.74, 6) is -0.0320. The molecule has 1 heterocycles. The van der Waals surface area contributed by atoms with Crippen molar-refractivity contribution in [3.8, 4) is 0 Å². The Kier molecular flexibility index (Phi) is 6.71. The predicted molar refractivity (Wildman–Crippen MR) is 105 cm³/mol. The van der Waals surface area contributed by atoms with Crippen LogP contribution in [0.1, 0.15) is 10.6 Å². The van der Waals surface area contributed by atoms with E-state index in [1.807, 2.05) is 53.4 Å². The monoisotopic (exact) mass is 369 g/mol. The van der Waals surface area contributed by atoms with Gasteiger partial charge in [-0.25, -0.2) is 4.98 Å². The molecule has 3 aromatic rings. The molecule has 0 atom stereocenters. The maximum Gasteiger partial charge on any atom is 0.234 e. The van der Waals surface area contributed by atoms with Gasteiger partial charge in [-0.05, 0) is 17.7 Å². The van der Waals surface area contributed by atoms with Gasteiger partial charge < -0.3 is 10.4 Å². The van der Waals surface area contributed by atoms with Crippen LogP contribution in [0.5, 0.6) is 0 Å². The Morgan fingerprint density at radius 2 is 1.88 bits per heavy atom. The summed E-state index contributed by atoms with van der Waals surface area (Å²) in [6.45, 7) is 1.99. The van der Waals surface area contributed by atoms with Crippen molar-refractivity contribution in [1.29, 1.82) is 0 Å². The average Bonchev–Trinajstić information content (AvgIpc) is 3.05. The number of hydrogen-bond acceptors (Lipinski definition) is 5. The summed E-state index contributed by atoms with van der Waals surface area (Å²) in [5, 5.41) is 13.2. The lowest BCUT2D eigenvalue weighted by Gasteiger charge is -2.20. The van der Waals surface area contributed by atoms with Crippen molar-refractivity contribution in [3.63, 3.8) is 0 Å². The third kappa shape index (κ3) is 5.36. The number of benzene rings is 2. The number of nitrogens with one attached hydrogen (secondary N) is 1. The zero-order valence-corrected chi connectivity index (χ0v) is 15.4. The molecule has 0 aliphatic heterocycles. The van der Waals surface area contributed by atoms with Crippen LogP contribution in [-0.2, 0) is 17.8 Å². The number of amides is 1. The number of thiazole rings is 1. The van der Waals surface area contributed by atoms with Crippen molar-refractivity contribution in [1.82, 2.24) is 15.2 Å². The van der Waals surface area contributed by atoms with E-state index in [2.05, 4.69) is 16.4 Å². The van der Waals surface area contributed by atoms with Gasteiger partial charge in [-0.15, -0.1) is 11.3 Å². The molecule has 0 fully saturated rings. The van der Waals surface area contributed by atoms with Crippen molar-refractivity contribution in [3.05, 3.63) is 65.2 Å². The maximum absolute atomic E-state index is 12.2. The Hall–Kier alpha value is -2.28. The van der Waals surface area contributed by atoms with E-state index in [9.17, 15) is 9.90 Å². The molecule has 0 saturated heterocycles. The van der Waals surface area contributed by atoms with Crippen LogP contribution in [0.15, 0.2) is 54.6 Å². The Bertz CT molecular complexity index is 802. The zero-order valence-electron chi connectivity index (χ0n) is 14.6. The molecule has 2 aromatic carbocycles. The Morgan fingerprint density at radius 1 is 1.12 bits per heavy atom. The molecule has 5 nitrogen and oxygen atoms in total. The highest BCUT2D eigenvalue weighted by Gasteiger charge is 2.11. The number of hydrogen-bond donors (Lipinski definition) is 2. The average molecular weight is 369 g/mol. The summed E-state index contributed by atoms with van der Waals surface area (Å²) in [6, 6.07) is 18.0. The van der Waals surface area contributed by atoms with E-state index in [-0.39, 0.29) is 19.1 Å². The molecule has 136 valence electrons. The third-order valence-corrected chi connectivity index (χ3v) is 5.13. The van der Waals surface area contributed by atoms with Gasteiger partial charge in [-0.3, -0.25) is 9.69 Å². The summed E-state index contributed by atoms with van der Waals surface area (Å²) in [6.07, 6.45) is 0.726. The normalized spacial score (nSPS) is 11.2. The highest BCUT2D eigenvalue weighted by atomic mass is 32.1. The fraction of sp³-hybridized carbons (Fsp3) is 0.300. The van der Waals surface area contributed by atoms with Gasteiger partial charge in [-0.1, -0.05) is 42.5 Å². The van der Waals surface area contributed by atoms with Crippen LogP contribution < -0.4 is 5.32 Å². The van der Waals surface area contributed by atoms with Crippen LogP contribution in [0.4, 0.5) is 0 Å². The number of carbonyl (C=O) groups excluding carboxylic acids is 1. The molecule has 0 bridgehead atoms. The molecule has 0 unspecified atom stereocenters. The van der Waals surface area contributed by atoms with Crippen molar-refractivity contribution < 1.29 is 9.90 Å². The summed E-state index contributed by atoms with van der Waals surface area (Å²) < 4.78 is 1.17. The lowest BCUT2D eigenvalue weighted by Crippen LogP contribution is -2.39. The molecule has 0 aliphatic carbocycles. The van der Waals surface area contributed by atoms with Gasteiger partial charge in [-0.2, -0.15) is 0 Å². The van der Waals surface area contributed by atoms with Gasteiger partial charge in [0, 0.05) is 26.1 Å². The molecule has 2 N–H and O–H groups in total. The van der Waals surface area contributed by atoms with Crippen LogP contribution >= 0.6 is 11.3 Å². The van der Waals surface area contributed by atoms with Crippen LogP contribution in [0.3, 0.4) is 0 Å². The number of nitrogens with zero attached hydrogens (tertiary/aromatic N) is 2. The lowest BCUT2D eigenvalue weighted by atomic mass is 10.2. The topological polar surface area (TPSA) is 65.5 Å². The number of aliphatic hydroxyl groups excluding tert-OH is 1. The standard InChI is InChI=1S/C20H23N3O2S/c24-13-12-23(14-16-6-2-1-3-7-16)15-19(25)21-11-10-20-22-17-8-4-5-9-18(17)26-20/h1-9,24H,10-15H2,(H,21,25). The summed E-state index contributed by atoms with van der Waals surface area (Å²) in [5.41, 5.74) is 2.14. The van der Waals surface area contributed by atoms with Gasteiger partial charge >= 0.3 is 0 Å². The van der Waals surface area contributed by atoms with Crippen molar-refractivity contribution in [2.45, 2.75) is 13.0 Å². The van der Waals surface area contributed by atoms with Crippen LogP contribution in [-0.4, -0.2) is 47.1 Å². The van der Waals surface area contributed by atoms with Gasteiger partial charge in [0.25, 0.3) is 0 Å². The van der Waals surface area contributed by atoms with Crippen molar-refractivity contribution in [2.75, 3.05) is 26.2 Å². The first-order valence-electron chi connectivity index (χ1n) is 8.73. The van der Waals surface area contributed by atoms with E-state index < -0.39 is 0 Å². The Labute approximate surface area is 157 Å². The molecule has 0 radical (unpaired) electrons. The number of aromatic nitrogens is 1. The molecule has 0 spiro atoms. The molecule has 1 aromatic heterocycles. The molecular weight excluding hydrogens is 346 g/mol. The van der Waals surface area contributed by atoms with Gasteiger partial charge in [0.2, 0.25) is 5.91 Å². The summed E-state index contributed by atoms with van der Waals surface area (Å²) in [7, 11) is 0.